The Bertz CT molecular complexity index is 779. The Morgan fingerprint density at radius 2 is 2.19 bits per heavy atom. The standard InChI is InChI=1S/C12H10BrClN6S/c1-20(12-17-10(13)5-21-12)11-8-3-2-7(18-19-14)4-9(8)15-6-16-11/h2-6,18-19H,1H3. The highest BCUT2D eigenvalue weighted by Gasteiger charge is 2.13. The molecule has 108 valence electrons. The summed E-state index contributed by atoms with van der Waals surface area (Å²) in [5.41, 5.74) is 4.45. The summed E-state index contributed by atoms with van der Waals surface area (Å²) in [5.74, 6) is 0.798. The van der Waals surface area contributed by atoms with Crippen LogP contribution in [0.3, 0.4) is 0 Å². The number of hydrazine groups is 1. The number of nitrogens with zero attached hydrogens (tertiary/aromatic N) is 4. The quantitative estimate of drug-likeness (QED) is 0.527. The normalized spacial score (nSPS) is 10.8. The van der Waals surface area contributed by atoms with Crippen molar-refractivity contribution in [1.82, 2.24) is 19.9 Å². The van der Waals surface area contributed by atoms with Crippen molar-refractivity contribution in [3.63, 3.8) is 0 Å². The Morgan fingerprint density at radius 1 is 1.33 bits per heavy atom. The SMILES string of the molecule is CN(c1nc(Br)cs1)c1ncnc2cc(NNCl)ccc12. The number of nitrogens with one attached hydrogen (secondary N) is 2. The number of hydrogen-bond acceptors (Lipinski definition) is 7. The van der Waals surface area contributed by atoms with Crippen LogP contribution >= 0.6 is 39.0 Å². The maximum Gasteiger partial charge on any atom is 0.191 e. The van der Waals surface area contributed by atoms with Crippen molar-refractivity contribution in [2.75, 3.05) is 17.4 Å². The number of benzene rings is 1. The zero-order valence-corrected chi connectivity index (χ0v) is 14.0. The van der Waals surface area contributed by atoms with Crippen LogP contribution in [0.25, 0.3) is 10.9 Å². The molecule has 0 aliphatic carbocycles. The summed E-state index contributed by atoms with van der Waals surface area (Å²) < 4.78 is 0.812. The molecule has 1 aromatic carbocycles. The van der Waals surface area contributed by atoms with E-state index in [4.69, 9.17) is 11.8 Å². The highest BCUT2D eigenvalue weighted by molar-refractivity contribution is 9.10. The lowest BCUT2D eigenvalue weighted by Crippen LogP contribution is -2.12. The average molecular weight is 386 g/mol. The lowest BCUT2D eigenvalue weighted by Gasteiger charge is -2.16. The van der Waals surface area contributed by atoms with Gasteiger partial charge in [-0.2, -0.15) is 0 Å². The molecule has 9 heteroatoms. The van der Waals surface area contributed by atoms with Gasteiger partial charge in [-0.3, -0.25) is 0 Å². The van der Waals surface area contributed by atoms with Gasteiger partial charge in [-0.1, -0.05) is 0 Å². The van der Waals surface area contributed by atoms with E-state index in [9.17, 15) is 0 Å². The summed E-state index contributed by atoms with van der Waals surface area (Å²) in [6.07, 6.45) is 1.54. The van der Waals surface area contributed by atoms with Crippen LogP contribution in [0.1, 0.15) is 0 Å². The van der Waals surface area contributed by atoms with Crippen molar-refractivity contribution in [1.29, 1.82) is 0 Å². The molecule has 0 spiro atoms. The minimum absolute atomic E-state index is 0.798. The predicted molar refractivity (Wildman–Crippen MR) is 90.0 cm³/mol. The van der Waals surface area contributed by atoms with E-state index in [1.54, 1.807) is 11.3 Å². The molecule has 0 atom stereocenters. The van der Waals surface area contributed by atoms with Crippen molar-refractivity contribution in [3.05, 3.63) is 34.5 Å². The van der Waals surface area contributed by atoms with E-state index in [0.29, 0.717) is 0 Å². The van der Waals surface area contributed by atoms with Crippen LogP contribution in [0.2, 0.25) is 0 Å². The van der Waals surface area contributed by atoms with Crippen LogP contribution in [0.5, 0.6) is 0 Å². The van der Waals surface area contributed by atoms with E-state index in [0.717, 1.165) is 32.1 Å². The van der Waals surface area contributed by atoms with E-state index in [2.05, 4.69) is 41.3 Å². The first-order valence-corrected chi connectivity index (χ1v) is 7.95. The van der Waals surface area contributed by atoms with Gasteiger partial charge in [-0.25, -0.2) is 15.0 Å². The van der Waals surface area contributed by atoms with Crippen LogP contribution in [0.15, 0.2) is 34.5 Å². The summed E-state index contributed by atoms with van der Waals surface area (Å²) in [6, 6.07) is 5.73. The van der Waals surface area contributed by atoms with Crippen LogP contribution in [-0.2, 0) is 0 Å². The first-order chi connectivity index (χ1) is 10.2. The Morgan fingerprint density at radius 3 is 2.90 bits per heavy atom. The third-order valence-corrected chi connectivity index (χ3v) is 4.60. The second-order valence-corrected chi connectivity index (χ2v) is 6.00. The van der Waals surface area contributed by atoms with Gasteiger partial charge < -0.3 is 10.3 Å². The molecule has 2 heterocycles. The summed E-state index contributed by atoms with van der Waals surface area (Å²) in [4.78, 5) is 17.4. The molecular formula is C12H10BrClN6S. The number of fused-ring (bicyclic) bond motifs is 1. The molecule has 0 aliphatic rings. The molecule has 0 bridgehead atoms. The van der Waals surface area contributed by atoms with E-state index < -0.39 is 0 Å². The third-order valence-electron chi connectivity index (χ3n) is 2.88. The number of hydrogen-bond donors (Lipinski definition) is 2. The highest BCUT2D eigenvalue weighted by atomic mass is 79.9. The number of halogens is 2. The molecule has 0 aliphatic heterocycles. The zero-order valence-electron chi connectivity index (χ0n) is 10.8. The van der Waals surface area contributed by atoms with Crippen LogP contribution in [0, 0.1) is 0 Å². The smallest absolute Gasteiger partial charge is 0.191 e. The van der Waals surface area contributed by atoms with Crippen molar-refractivity contribution in [2.24, 2.45) is 0 Å². The molecule has 2 aromatic heterocycles. The van der Waals surface area contributed by atoms with E-state index in [1.165, 1.54) is 6.33 Å². The van der Waals surface area contributed by atoms with Gasteiger partial charge in [0.25, 0.3) is 0 Å². The van der Waals surface area contributed by atoms with Crippen LogP contribution in [-0.4, -0.2) is 22.0 Å². The maximum atomic E-state index is 5.44. The first kappa shape index (κ1) is 14.5. The fraction of sp³-hybridized carbons (Fsp3) is 0.0833. The summed E-state index contributed by atoms with van der Waals surface area (Å²) in [5, 5.41) is 3.72. The number of thiazole rings is 1. The first-order valence-electron chi connectivity index (χ1n) is 5.90. The Kier molecular flexibility index (Phi) is 4.20. The molecule has 21 heavy (non-hydrogen) atoms. The minimum atomic E-state index is 0.798. The van der Waals surface area contributed by atoms with Crippen molar-refractivity contribution < 1.29 is 0 Å². The average Bonchev–Trinajstić information content (AvgIpc) is 2.92. The monoisotopic (exact) mass is 384 g/mol. The van der Waals surface area contributed by atoms with Gasteiger partial charge in [0.05, 0.1) is 11.2 Å². The van der Waals surface area contributed by atoms with Crippen molar-refractivity contribution in [2.45, 2.75) is 0 Å². The molecule has 0 saturated heterocycles. The van der Waals surface area contributed by atoms with Crippen LogP contribution < -0.4 is 15.3 Å². The molecule has 0 fully saturated rings. The van der Waals surface area contributed by atoms with Crippen LogP contribution in [0.4, 0.5) is 16.6 Å². The Balaban J connectivity index is 2.06. The Hall–Kier alpha value is -1.48. The van der Waals surface area contributed by atoms with Gasteiger partial charge in [0.1, 0.15) is 16.7 Å². The predicted octanol–water partition coefficient (Wildman–Crippen LogP) is 3.69. The molecule has 0 amide bonds. The van der Waals surface area contributed by atoms with Gasteiger partial charge >= 0.3 is 0 Å². The maximum absolute atomic E-state index is 5.44. The minimum Gasteiger partial charge on any atom is -0.308 e. The van der Waals surface area contributed by atoms with E-state index in [1.807, 2.05) is 35.5 Å². The molecule has 0 saturated carbocycles. The highest BCUT2D eigenvalue weighted by Crippen LogP contribution is 2.32. The van der Waals surface area contributed by atoms with Gasteiger partial charge in [0.2, 0.25) is 0 Å². The third kappa shape index (κ3) is 2.93. The zero-order chi connectivity index (χ0) is 14.8. The van der Waals surface area contributed by atoms with Gasteiger partial charge in [-0.15, -0.1) is 16.3 Å². The van der Waals surface area contributed by atoms with Gasteiger partial charge in [0.15, 0.2) is 5.13 Å². The molecule has 0 unspecified atom stereocenters. The second-order valence-electron chi connectivity index (χ2n) is 4.16. The summed E-state index contributed by atoms with van der Waals surface area (Å²) in [7, 11) is 1.93. The number of aromatic nitrogens is 3. The van der Waals surface area contributed by atoms with Crippen molar-refractivity contribution >= 4 is 66.6 Å². The fourth-order valence-electron chi connectivity index (χ4n) is 1.93. The fourth-order valence-corrected chi connectivity index (χ4v) is 3.26. The Labute approximate surface area is 138 Å². The molecule has 3 aromatic rings. The molecule has 0 radical (unpaired) electrons. The number of rotatable bonds is 4. The molecule has 2 N–H and O–H groups in total. The molecular weight excluding hydrogens is 376 g/mol. The largest absolute Gasteiger partial charge is 0.308 e. The van der Waals surface area contributed by atoms with Crippen molar-refractivity contribution in [3.8, 4) is 0 Å². The second kappa shape index (κ2) is 6.10. The lowest BCUT2D eigenvalue weighted by atomic mass is 10.2. The van der Waals surface area contributed by atoms with Gasteiger partial charge in [0, 0.05) is 17.8 Å². The molecule has 6 nitrogen and oxygen atoms in total. The van der Waals surface area contributed by atoms with E-state index in [-0.39, 0.29) is 0 Å². The molecule has 3 rings (SSSR count). The number of anilines is 3. The topological polar surface area (TPSA) is 66.0 Å². The van der Waals surface area contributed by atoms with Gasteiger partial charge in [-0.05, 0) is 45.9 Å². The lowest BCUT2D eigenvalue weighted by molar-refractivity contribution is 1.09. The summed E-state index contributed by atoms with van der Waals surface area (Å²) in [6.45, 7) is 0. The van der Waals surface area contributed by atoms with E-state index >= 15 is 0 Å². The summed E-state index contributed by atoms with van der Waals surface area (Å²) >= 11 is 10.3.